The number of para-hydroxylation sites is 2. The van der Waals surface area contributed by atoms with Crippen LogP contribution in [0.5, 0.6) is 5.75 Å². The first-order valence-corrected chi connectivity index (χ1v) is 11.8. The predicted octanol–water partition coefficient (Wildman–Crippen LogP) is 5.12. The van der Waals surface area contributed by atoms with E-state index in [9.17, 15) is 14.4 Å². The van der Waals surface area contributed by atoms with E-state index in [2.05, 4.69) is 42.2 Å². The lowest BCUT2D eigenvalue weighted by molar-refractivity contribution is -0.132. The van der Waals surface area contributed by atoms with Crippen LogP contribution in [-0.2, 0) is 14.4 Å². The number of benzene rings is 2. The summed E-state index contributed by atoms with van der Waals surface area (Å²) in [5, 5.41) is 2.68. The Morgan fingerprint density at radius 2 is 1.97 bits per heavy atom. The molecule has 0 bridgehead atoms. The van der Waals surface area contributed by atoms with Gasteiger partial charge in [0.05, 0.1) is 11.4 Å². The summed E-state index contributed by atoms with van der Waals surface area (Å²) in [7, 11) is 0. The molecule has 2 amide bonds. The Kier molecular flexibility index (Phi) is 7.90. The third kappa shape index (κ3) is 5.96. The Morgan fingerprint density at radius 3 is 2.65 bits per heavy atom. The van der Waals surface area contributed by atoms with Gasteiger partial charge in [-0.1, -0.05) is 39.8 Å². The van der Waals surface area contributed by atoms with E-state index in [0.29, 0.717) is 23.1 Å². The lowest BCUT2D eigenvalue weighted by Gasteiger charge is -2.14. The molecule has 0 saturated carbocycles. The Morgan fingerprint density at radius 1 is 1.23 bits per heavy atom. The quantitative estimate of drug-likeness (QED) is 0.386. The molecule has 31 heavy (non-hydrogen) atoms. The third-order valence-corrected chi connectivity index (χ3v) is 6.55. The molecule has 1 saturated heterocycles. The molecule has 0 spiro atoms. The highest BCUT2D eigenvalue weighted by Gasteiger charge is 2.38. The zero-order chi connectivity index (χ0) is 22.5. The van der Waals surface area contributed by atoms with Gasteiger partial charge in [-0.2, -0.15) is 0 Å². The van der Waals surface area contributed by atoms with Gasteiger partial charge in [-0.05, 0) is 53.2 Å². The van der Waals surface area contributed by atoms with Gasteiger partial charge in [-0.3, -0.25) is 19.3 Å². The fourth-order valence-electron chi connectivity index (χ4n) is 2.87. The van der Waals surface area contributed by atoms with Crippen LogP contribution >= 0.6 is 43.6 Å². The maximum absolute atomic E-state index is 12.8. The highest BCUT2D eigenvalue weighted by Crippen LogP contribution is 2.35. The number of carbonyl (C=O) groups is 3. The van der Waals surface area contributed by atoms with Crippen LogP contribution in [0.4, 0.5) is 11.4 Å². The molecule has 0 aromatic heterocycles. The Labute approximate surface area is 200 Å². The van der Waals surface area contributed by atoms with Crippen molar-refractivity contribution in [2.75, 3.05) is 11.9 Å². The lowest BCUT2D eigenvalue weighted by atomic mass is 10.2. The normalized spacial score (nSPS) is 17.2. The summed E-state index contributed by atoms with van der Waals surface area (Å²) in [5.41, 5.74) is 1.07. The first kappa shape index (κ1) is 23.5. The second-order valence-electron chi connectivity index (χ2n) is 6.52. The van der Waals surface area contributed by atoms with E-state index in [4.69, 9.17) is 4.74 Å². The largest absolute Gasteiger partial charge is 0.424 e. The molecule has 1 atom stereocenters. The predicted molar refractivity (Wildman–Crippen MR) is 129 cm³/mol. The van der Waals surface area contributed by atoms with Crippen molar-refractivity contribution in [2.24, 2.45) is 4.99 Å². The van der Waals surface area contributed by atoms with Gasteiger partial charge in [-0.25, -0.2) is 4.99 Å². The van der Waals surface area contributed by atoms with E-state index >= 15 is 0 Å². The second-order valence-corrected chi connectivity index (χ2v) is 9.46. The van der Waals surface area contributed by atoms with E-state index < -0.39 is 11.2 Å². The average Bonchev–Trinajstić information content (AvgIpc) is 2.99. The zero-order valence-electron chi connectivity index (χ0n) is 16.7. The van der Waals surface area contributed by atoms with Crippen molar-refractivity contribution in [3.63, 3.8) is 0 Å². The van der Waals surface area contributed by atoms with E-state index in [1.54, 1.807) is 29.2 Å². The van der Waals surface area contributed by atoms with Gasteiger partial charge in [0.2, 0.25) is 11.8 Å². The van der Waals surface area contributed by atoms with Crippen LogP contribution in [-0.4, -0.2) is 39.6 Å². The van der Waals surface area contributed by atoms with Gasteiger partial charge < -0.3 is 10.1 Å². The number of halogens is 2. The number of nitrogens with one attached hydrogen (secondary N) is 1. The second kappa shape index (κ2) is 10.4. The van der Waals surface area contributed by atoms with E-state index in [-0.39, 0.29) is 24.0 Å². The summed E-state index contributed by atoms with van der Waals surface area (Å²) >= 11 is 8.14. The maximum atomic E-state index is 12.8. The summed E-state index contributed by atoms with van der Waals surface area (Å²) in [4.78, 5) is 42.9. The van der Waals surface area contributed by atoms with Crippen molar-refractivity contribution >= 4 is 77.9 Å². The van der Waals surface area contributed by atoms with Gasteiger partial charge >= 0.3 is 5.97 Å². The minimum absolute atomic E-state index is 0.0328. The van der Waals surface area contributed by atoms with Crippen molar-refractivity contribution in [2.45, 2.75) is 25.5 Å². The minimum atomic E-state index is -0.589. The van der Waals surface area contributed by atoms with Gasteiger partial charge in [0.1, 0.15) is 5.25 Å². The molecule has 2 aromatic rings. The number of rotatable bonds is 6. The Hall–Kier alpha value is -2.17. The van der Waals surface area contributed by atoms with E-state index in [1.165, 1.54) is 18.7 Å². The van der Waals surface area contributed by atoms with Crippen molar-refractivity contribution < 1.29 is 19.1 Å². The van der Waals surface area contributed by atoms with Crippen LogP contribution in [0.2, 0.25) is 0 Å². The van der Waals surface area contributed by atoms with Crippen molar-refractivity contribution in [1.29, 1.82) is 0 Å². The molecule has 2 aromatic carbocycles. The molecule has 1 heterocycles. The van der Waals surface area contributed by atoms with Gasteiger partial charge in [-0.15, -0.1) is 0 Å². The molecule has 3 rings (SSSR count). The molecule has 1 unspecified atom stereocenters. The molecule has 1 fully saturated rings. The number of ether oxygens (including phenoxy) is 1. The molecule has 1 aliphatic heterocycles. The van der Waals surface area contributed by atoms with Gasteiger partial charge in [0.15, 0.2) is 10.9 Å². The van der Waals surface area contributed by atoms with E-state index in [1.807, 2.05) is 25.1 Å². The summed E-state index contributed by atoms with van der Waals surface area (Å²) in [6.45, 7) is 3.60. The molecular formula is C21H19Br2N3O4S. The summed E-state index contributed by atoms with van der Waals surface area (Å²) in [6.07, 6.45) is -0.0328. The SMILES string of the molecule is CCN1C(=O)C(CC(=O)Nc2ccccc2OC(C)=O)SC1=Nc1ccc(Br)cc1Br. The van der Waals surface area contributed by atoms with Crippen LogP contribution in [0.15, 0.2) is 56.4 Å². The fraction of sp³-hybridized carbons (Fsp3) is 0.238. The van der Waals surface area contributed by atoms with Gasteiger partial charge in [0, 0.05) is 28.8 Å². The van der Waals surface area contributed by atoms with Crippen LogP contribution in [0, 0.1) is 0 Å². The standard InChI is InChI=1S/C21H19Br2N3O4S/c1-3-26-20(29)18(31-21(26)25-15-9-8-13(22)10-14(15)23)11-19(28)24-16-6-4-5-7-17(16)30-12(2)27/h4-10,18H,3,11H2,1-2H3,(H,24,28). The Balaban J connectivity index is 1.74. The molecule has 162 valence electrons. The summed E-state index contributed by atoms with van der Waals surface area (Å²) < 4.78 is 6.82. The smallest absolute Gasteiger partial charge is 0.308 e. The first-order chi connectivity index (χ1) is 14.8. The number of amidine groups is 1. The average molecular weight is 569 g/mol. The number of carbonyl (C=O) groups excluding carboxylic acids is 3. The van der Waals surface area contributed by atoms with Crippen LogP contribution in [0.3, 0.4) is 0 Å². The zero-order valence-corrected chi connectivity index (χ0v) is 20.7. The number of hydrogen-bond acceptors (Lipinski definition) is 6. The molecule has 10 heteroatoms. The van der Waals surface area contributed by atoms with Crippen LogP contribution in [0.25, 0.3) is 0 Å². The molecular weight excluding hydrogens is 550 g/mol. The topological polar surface area (TPSA) is 88.1 Å². The van der Waals surface area contributed by atoms with Crippen molar-refractivity contribution in [1.82, 2.24) is 4.90 Å². The number of hydrogen-bond donors (Lipinski definition) is 1. The highest BCUT2D eigenvalue weighted by molar-refractivity contribution is 9.11. The number of aliphatic imine (C=N–C) groups is 1. The number of nitrogens with zero attached hydrogens (tertiary/aromatic N) is 2. The van der Waals surface area contributed by atoms with Crippen LogP contribution < -0.4 is 10.1 Å². The van der Waals surface area contributed by atoms with E-state index in [0.717, 1.165) is 8.95 Å². The molecule has 0 radical (unpaired) electrons. The number of amides is 2. The fourth-order valence-corrected chi connectivity index (χ4v) is 5.22. The molecule has 0 aliphatic carbocycles. The van der Waals surface area contributed by atoms with Crippen LogP contribution in [0.1, 0.15) is 20.3 Å². The number of thioether (sulfide) groups is 1. The maximum Gasteiger partial charge on any atom is 0.308 e. The summed E-state index contributed by atoms with van der Waals surface area (Å²) in [5.74, 6) is -0.747. The monoisotopic (exact) mass is 567 g/mol. The third-order valence-electron chi connectivity index (χ3n) is 4.25. The minimum Gasteiger partial charge on any atom is -0.424 e. The van der Waals surface area contributed by atoms with Gasteiger partial charge in [0.25, 0.3) is 0 Å². The summed E-state index contributed by atoms with van der Waals surface area (Å²) in [6, 6.07) is 12.2. The molecule has 1 N–H and O–H groups in total. The lowest BCUT2D eigenvalue weighted by Crippen LogP contribution is -2.33. The highest BCUT2D eigenvalue weighted by atomic mass is 79.9. The molecule has 1 aliphatic rings. The first-order valence-electron chi connectivity index (χ1n) is 9.37. The molecule has 7 nitrogen and oxygen atoms in total. The number of esters is 1. The Bertz CT molecular complexity index is 1060. The van der Waals surface area contributed by atoms with Crippen molar-refractivity contribution in [3.05, 3.63) is 51.4 Å². The van der Waals surface area contributed by atoms with Crippen molar-refractivity contribution in [3.8, 4) is 5.75 Å². The number of anilines is 1.